The molecular formula is C17H18N4O2. The van der Waals surface area contributed by atoms with Crippen molar-refractivity contribution in [1.29, 1.82) is 0 Å². The number of anilines is 1. The van der Waals surface area contributed by atoms with Gasteiger partial charge in [0.25, 0.3) is 5.95 Å². The summed E-state index contributed by atoms with van der Waals surface area (Å²) in [5, 5.41) is 10.1. The molecule has 3 aromatic rings. The molecule has 0 amide bonds. The normalized spacial score (nSPS) is 16.1. The smallest absolute Gasteiger partial charge is 0.293 e. The third-order valence-electron chi connectivity index (χ3n) is 4.22. The van der Waals surface area contributed by atoms with Crippen LogP contribution in [0.15, 0.2) is 47.2 Å². The molecule has 1 fully saturated rings. The molecule has 0 unspecified atom stereocenters. The minimum atomic E-state index is -0.126. The highest BCUT2D eigenvalue weighted by molar-refractivity contribution is 5.82. The van der Waals surface area contributed by atoms with Crippen molar-refractivity contribution in [1.82, 2.24) is 14.9 Å². The van der Waals surface area contributed by atoms with Gasteiger partial charge in [0.1, 0.15) is 17.2 Å². The molecule has 0 radical (unpaired) electrons. The number of fused-ring (bicyclic) bond motifs is 1. The maximum Gasteiger partial charge on any atom is 0.293 e. The van der Waals surface area contributed by atoms with Crippen LogP contribution >= 0.6 is 0 Å². The molecule has 1 aliphatic rings. The molecule has 0 aliphatic carbocycles. The summed E-state index contributed by atoms with van der Waals surface area (Å²) in [7, 11) is 0. The molecule has 0 spiro atoms. The van der Waals surface area contributed by atoms with Gasteiger partial charge in [0.2, 0.25) is 5.95 Å². The summed E-state index contributed by atoms with van der Waals surface area (Å²) in [4.78, 5) is 13.4. The standard InChI is InChI=1S/C17H18N4O2/c22-16-14-10-18-17(19-15(14)12-23-16)21-8-6-20(7-9-21)11-13-4-2-1-3-5-13/h1-5,10,12,22H,6-9,11H2. The van der Waals surface area contributed by atoms with Crippen LogP contribution in [0.3, 0.4) is 0 Å². The number of furan rings is 1. The quantitative estimate of drug-likeness (QED) is 0.800. The Morgan fingerprint density at radius 3 is 2.65 bits per heavy atom. The average molecular weight is 310 g/mol. The van der Waals surface area contributed by atoms with E-state index >= 15 is 0 Å². The Kier molecular flexibility index (Phi) is 3.59. The first-order valence-corrected chi connectivity index (χ1v) is 7.74. The second-order valence-electron chi connectivity index (χ2n) is 5.76. The zero-order valence-electron chi connectivity index (χ0n) is 12.7. The summed E-state index contributed by atoms with van der Waals surface area (Å²) in [5.74, 6) is 0.567. The number of rotatable bonds is 3. The Morgan fingerprint density at radius 2 is 1.87 bits per heavy atom. The van der Waals surface area contributed by atoms with Crippen LogP contribution in [0.2, 0.25) is 0 Å². The zero-order valence-corrected chi connectivity index (χ0v) is 12.7. The van der Waals surface area contributed by atoms with Gasteiger partial charge in [-0.15, -0.1) is 0 Å². The van der Waals surface area contributed by atoms with Crippen molar-refractivity contribution < 1.29 is 9.52 Å². The van der Waals surface area contributed by atoms with E-state index in [-0.39, 0.29) is 5.95 Å². The van der Waals surface area contributed by atoms with E-state index in [1.54, 1.807) is 6.20 Å². The highest BCUT2D eigenvalue weighted by atomic mass is 16.5. The molecular weight excluding hydrogens is 292 g/mol. The summed E-state index contributed by atoms with van der Waals surface area (Å²) in [6.07, 6.45) is 3.08. The van der Waals surface area contributed by atoms with E-state index in [2.05, 4.69) is 44.0 Å². The highest BCUT2D eigenvalue weighted by Gasteiger charge is 2.20. The Bertz CT molecular complexity index is 795. The molecule has 1 saturated heterocycles. The van der Waals surface area contributed by atoms with Crippen LogP contribution in [0.4, 0.5) is 5.95 Å². The molecule has 4 rings (SSSR count). The number of aromatic hydroxyl groups is 1. The van der Waals surface area contributed by atoms with Crippen molar-refractivity contribution in [3.63, 3.8) is 0 Å². The fourth-order valence-corrected chi connectivity index (χ4v) is 2.91. The van der Waals surface area contributed by atoms with Crippen molar-refractivity contribution in [3.05, 3.63) is 48.4 Å². The second kappa shape index (κ2) is 5.89. The molecule has 0 saturated carbocycles. The van der Waals surface area contributed by atoms with E-state index < -0.39 is 0 Å². The fourth-order valence-electron chi connectivity index (χ4n) is 2.91. The number of benzene rings is 1. The van der Waals surface area contributed by atoms with E-state index in [9.17, 15) is 5.11 Å². The van der Waals surface area contributed by atoms with Crippen molar-refractivity contribution in [2.24, 2.45) is 0 Å². The van der Waals surface area contributed by atoms with E-state index in [4.69, 9.17) is 4.42 Å². The van der Waals surface area contributed by atoms with Gasteiger partial charge in [-0.25, -0.2) is 9.97 Å². The maximum atomic E-state index is 9.52. The van der Waals surface area contributed by atoms with Gasteiger partial charge in [-0.3, -0.25) is 4.90 Å². The number of aromatic nitrogens is 2. The van der Waals surface area contributed by atoms with Gasteiger partial charge in [-0.2, -0.15) is 0 Å². The molecule has 2 aromatic heterocycles. The van der Waals surface area contributed by atoms with E-state index in [0.29, 0.717) is 16.9 Å². The van der Waals surface area contributed by atoms with Crippen LogP contribution in [-0.2, 0) is 6.54 Å². The summed E-state index contributed by atoms with van der Waals surface area (Å²) >= 11 is 0. The Balaban J connectivity index is 1.42. The molecule has 0 atom stereocenters. The molecule has 118 valence electrons. The topological polar surface area (TPSA) is 65.6 Å². The first-order chi connectivity index (χ1) is 11.3. The Morgan fingerprint density at radius 1 is 1.09 bits per heavy atom. The summed E-state index contributed by atoms with van der Waals surface area (Å²) in [6, 6.07) is 10.5. The molecule has 0 bridgehead atoms. The van der Waals surface area contributed by atoms with Gasteiger partial charge in [0.15, 0.2) is 0 Å². The molecule has 6 heteroatoms. The lowest BCUT2D eigenvalue weighted by Gasteiger charge is -2.34. The van der Waals surface area contributed by atoms with Gasteiger partial charge < -0.3 is 14.4 Å². The van der Waals surface area contributed by atoms with Crippen LogP contribution < -0.4 is 4.90 Å². The van der Waals surface area contributed by atoms with Crippen LogP contribution in [0.5, 0.6) is 5.95 Å². The lowest BCUT2D eigenvalue weighted by Crippen LogP contribution is -2.46. The van der Waals surface area contributed by atoms with E-state index in [1.807, 2.05) is 6.07 Å². The first kappa shape index (κ1) is 14.0. The summed E-state index contributed by atoms with van der Waals surface area (Å²) in [5.41, 5.74) is 1.98. The zero-order chi connectivity index (χ0) is 15.6. The second-order valence-corrected chi connectivity index (χ2v) is 5.76. The highest BCUT2D eigenvalue weighted by Crippen LogP contribution is 2.26. The van der Waals surface area contributed by atoms with Gasteiger partial charge in [0.05, 0.1) is 0 Å². The van der Waals surface area contributed by atoms with Gasteiger partial charge in [-0.05, 0) is 5.56 Å². The number of piperazine rings is 1. The van der Waals surface area contributed by atoms with E-state index in [1.165, 1.54) is 11.8 Å². The largest absolute Gasteiger partial charge is 0.480 e. The third-order valence-corrected chi connectivity index (χ3v) is 4.22. The summed E-state index contributed by atoms with van der Waals surface area (Å²) in [6.45, 7) is 4.72. The number of hydrogen-bond donors (Lipinski definition) is 1. The minimum absolute atomic E-state index is 0.126. The van der Waals surface area contributed by atoms with E-state index in [0.717, 1.165) is 32.7 Å². The van der Waals surface area contributed by atoms with Crippen molar-refractivity contribution in [2.75, 3.05) is 31.1 Å². The third kappa shape index (κ3) is 2.85. The Labute approximate surface area is 134 Å². The fraction of sp³-hybridized carbons (Fsp3) is 0.294. The average Bonchev–Trinajstić information content (AvgIpc) is 2.97. The van der Waals surface area contributed by atoms with Crippen LogP contribution in [0.25, 0.3) is 10.9 Å². The summed E-state index contributed by atoms with van der Waals surface area (Å²) < 4.78 is 4.97. The SMILES string of the molecule is Oc1occ2nc(N3CCN(Cc4ccccc4)CC3)ncc12. The maximum absolute atomic E-state index is 9.52. The lowest BCUT2D eigenvalue weighted by molar-refractivity contribution is 0.249. The van der Waals surface area contributed by atoms with Gasteiger partial charge in [0, 0.05) is 38.9 Å². The van der Waals surface area contributed by atoms with Crippen molar-refractivity contribution in [3.8, 4) is 5.95 Å². The van der Waals surface area contributed by atoms with Crippen molar-refractivity contribution >= 4 is 16.9 Å². The predicted molar refractivity (Wildman–Crippen MR) is 87.4 cm³/mol. The predicted octanol–water partition coefficient (Wildman–Crippen LogP) is 2.25. The molecule has 1 aromatic carbocycles. The molecule has 23 heavy (non-hydrogen) atoms. The first-order valence-electron chi connectivity index (χ1n) is 7.74. The van der Waals surface area contributed by atoms with Crippen LogP contribution in [0.1, 0.15) is 5.56 Å². The monoisotopic (exact) mass is 310 g/mol. The van der Waals surface area contributed by atoms with Crippen molar-refractivity contribution in [2.45, 2.75) is 6.54 Å². The molecule has 1 N–H and O–H groups in total. The van der Waals surface area contributed by atoms with Crippen LogP contribution in [-0.4, -0.2) is 46.2 Å². The lowest BCUT2D eigenvalue weighted by atomic mass is 10.2. The number of hydrogen-bond acceptors (Lipinski definition) is 6. The van der Waals surface area contributed by atoms with Crippen LogP contribution in [0, 0.1) is 0 Å². The Hall–Kier alpha value is -2.60. The minimum Gasteiger partial charge on any atom is -0.480 e. The molecule has 3 heterocycles. The number of nitrogens with zero attached hydrogens (tertiary/aromatic N) is 4. The van der Waals surface area contributed by atoms with Gasteiger partial charge >= 0.3 is 0 Å². The van der Waals surface area contributed by atoms with Gasteiger partial charge in [-0.1, -0.05) is 30.3 Å². The molecule has 1 aliphatic heterocycles. The molecule has 6 nitrogen and oxygen atoms in total.